The van der Waals surface area contributed by atoms with Crippen molar-refractivity contribution >= 4 is 11.4 Å². The number of hydrogen-bond donors (Lipinski definition) is 2. The van der Waals surface area contributed by atoms with Gasteiger partial charge in [-0.3, -0.25) is 10.1 Å². The predicted molar refractivity (Wildman–Crippen MR) is 71.6 cm³/mol. The minimum atomic E-state index is -0.869. The van der Waals surface area contributed by atoms with Crippen LogP contribution in [0.5, 0.6) is 0 Å². The smallest absolute Gasteiger partial charge is 0.327 e. The molecule has 0 aliphatic rings. The van der Waals surface area contributed by atoms with Gasteiger partial charge in [-0.05, 0) is 24.0 Å². The molecule has 1 unspecified atom stereocenters. The Labute approximate surface area is 111 Å². The number of rotatable bonds is 5. The summed E-state index contributed by atoms with van der Waals surface area (Å²) in [7, 11) is 0. The van der Waals surface area contributed by atoms with Crippen molar-refractivity contribution in [2.24, 2.45) is 5.41 Å². The van der Waals surface area contributed by atoms with E-state index in [1.165, 1.54) is 12.1 Å². The zero-order chi connectivity index (χ0) is 14.6. The highest BCUT2D eigenvalue weighted by molar-refractivity contribution is 5.62. The largest absolute Gasteiger partial charge is 0.396 e. The average Bonchev–Trinajstić information content (AvgIpc) is 2.26. The molecule has 0 saturated carbocycles. The molecule has 2 N–H and O–H groups in total. The third-order valence-electron chi connectivity index (χ3n) is 2.96. The van der Waals surface area contributed by atoms with E-state index in [4.69, 9.17) is 5.11 Å². The zero-order valence-corrected chi connectivity index (χ0v) is 11.3. The van der Waals surface area contributed by atoms with Crippen LogP contribution >= 0.6 is 0 Å². The van der Waals surface area contributed by atoms with Crippen molar-refractivity contribution in [3.05, 3.63) is 34.1 Å². The molecule has 1 atom stereocenters. The van der Waals surface area contributed by atoms with Gasteiger partial charge in [0.25, 0.3) is 0 Å². The van der Waals surface area contributed by atoms with Crippen LogP contribution in [0.3, 0.4) is 0 Å². The fourth-order valence-electron chi connectivity index (χ4n) is 1.86. The summed E-state index contributed by atoms with van der Waals surface area (Å²) >= 11 is 0. The normalized spacial score (nSPS) is 13.1. The minimum Gasteiger partial charge on any atom is -0.396 e. The van der Waals surface area contributed by atoms with Crippen LogP contribution in [0.4, 0.5) is 15.8 Å². The lowest BCUT2D eigenvalue weighted by Crippen LogP contribution is -2.35. The fourth-order valence-corrected chi connectivity index (χ4v) is 1.86. The van der Waals surface area contributed by atoms with Crippen LogP contribution in [-0.2, 0) is 0 Å². The van der Waals surface area contributed by atoms with Gasteiger partial charge in [0, 0.05) is 12.6 Å². The van der Waals surface area contributed by atoms with Gasteiger partial charge in [0.1, 0.15) is 5.69 Å². The second-order valence-corrected chi connectivity index (χ2v) is 5.47. The predicted octanol–water partition coefficient (Wildman–Crippen LogP) is 2.94. The van der Waals surface area contributed by atoms with Crippen LogP contribution in [0.15, 0.2) is 18.2 Å². The minimum absolute atomic E-state index is 0.0436. The molecule has 0 saturated heterocycles. The van der Waals surface area contributed by atoms with E-state index < -0.39 is 16.4 Å². The highest BCUT2D eigenvalue weighted by Crippen LogP contribution is 2.32. The molecule has 0 aromatic heterocycles. The van der Waals surface area contributed by atoms with Crippen molar-refractivity contribution in [2.45, 2.75) is 33.2 Å². The summed E-state index contributed by atoms with van der Waals surface area (Å²) in [4.78, 5) is 10.2. The van der Waals surface area contributed by atoms with Gasteiger partial charge in [-0.25, -0.2) is 0 Å². The number of hydrogen-bond acceptors (Lipinski definition) is 4. The topological polar surface area (TPSA) is 75.4 Å². The number of nitro benzene ring substituents is 1. The Kier molecular flexibility index (Phi) is 4.83. The van der Waals surface area contributed by atoms with E-state index in [9.17, 15) is 14.5 Å². The lowest BCUT2D eigenvalue weighted by atomic mass is 9.84. The van der Waals surface area contributed by atoms with Crippen molar-refractivity contribution in [3.8, 4) is 0 Å². The van der Waals surface area contributed by atoms with Gasteiger partial charge in [0.05, 0.1) is 4.92 Å². The van der Waals surface area contributed by atoms with E-state index in [2.05, 4.69) is 5.32 Å². The third kappa shape index (κ3) is 3.89. The Hall–Kier alpha value is -1.69. The van der Waals surface area contributed by atoms with Crippen LogP contribution < -0.4 is 5.32 Å². The van der Waals surface area contributed by atoms with Crippen molar-refractivity contribution in [2.75, 3.05) is 11.9 Å². The lowest BCUT2D eigenvalue weighted by molar-refractivity contribution is -0.386. The average molecular weight is 270 g/mol. The van der Waals surface area contributed by atoms with Crippen LogP contribution in [0.25, 0.3) is 0 Å². The summed E-state index contributed by atoms with van der Waals surface area (Å²) < 4.78 is 13.5. The summed E-state index contributed by atoms with van der Waals surface area (Å²) in [6, 6.07) is 3.75. The Bertz CT molecular complexity index is 458. The van der Waals surface area contributed by atoms with Crippen molar-refractivity contribution < 1.29 is 14.4 Å². The zero-order valence-electron chi connectivity index (χ0n) is 11.3. The molecule has 0 spiro atoms. The number of nitrogens with one attached hydrogen (secondary N) is 1. The number of nitrogens with zero attached hydrogens (tertiary/aromatic N) is 1. The SMILES string of the molecule is CC(C)(C)C(CCO)Nc1cccc(F)c1[N+](=O)[O-]. The maximum absolute atomic E-state index is 13.5. The number of aliphatic hydroxyl groups excluding tert-OH is 1. The van der Waals surface area contributed by atoms with Gasteiger partial charge in [-0.15, -0.1) is 0 Å². The van der Waals surface area contributed by atoms with Crippen LogP contribution in [0, 0.1) is 21.3 Å². The standard InChI is InChI=1S/C13H19FN2O3/c1-13(2,3)11(7-8-17)15-10-6-4-5-9(14)12(10)16(18)19/h4-6,11,15,17H,7-8H2,1-3H3. The fraction of sp³-hybridized carbons (Fsp3) is 0.538. The summed E-state index contributed by atoms with van der Waals surface area (Å²) in [6.07, 6.45) is 0.428. The van der Waals surface area contributed by atoms with Crippen molar-refractivity contribution in [1.82, 2.24) is 0 Å². The second kappa shape index (κ2) is 5.97. The molecule has 1 rings (SSSR count). The number of halogens is 1. The van der Waals surface area contributed by atoms with E-state index in [0.717, 1.165) is 6.07 Å². The van der Waals surface area contributed by atoms with Gasteiger partial charge in [0.15, 0.2) is 0 Å². The first kappa shape index (κ1) is 15.4. The van der Waals surface area contributed by atoms with Gasteiger partial charge >= 0.3 is 5.69 Å². The maximum atomic E-state index is 13.5. The highest BCUT2D eigenvalue weighted by atomic mass is 19.1. The molecule has 0 aliphatic carbocycles. The van der Waals surface area contributed by atoms with E-state index >= 15 is 0 Å². The summed E-state index contributed by atoms with van der Waals surface area (Å²) in [5.74, 6) is -0.869. The maximum Gasteiger partial charge on any atom is 0.327 e. The van der Waals surface area contributed by atoms with Crippen molar-refractivity contribution in [1.29, 1.82) is 0 Å². The molecule has 0 radical (unpaired) electrons. The second-order valence-electron chi connectivity index (χ2n) is 5.47. The molecule has 0 fully saturated rings. The molecule has 1 aromatic carbocycles. The van der Waals surface area contributed by atoms with Gasteiger partial charge in [-0.2, -0.15) is 4.39 Å². The molecule has 19 heavy (non-hydrogen) atoms. The molecular formula is C13H19FN2O3. The molecular weight excluding hydrogens is 251 g/mol. The molecule has 0 heterocycles. The van der Waals surface area contributed by atoms with E-state index in [1.54, 1.807) is 0 Å². The monoisotopic (exact) mass is 270 g/mol. The van der Waals surface area contributed by atoms with Gasteiger partial charge in [-0.1, -0.05) is 26.8 Å². The molecule has 5 nitrogen and oxygen atoms in total. The first-order valence-electron chi connectivity index (χ1n) is 6.07. The van der Waals surface area contributed by atoms with E-state index in [0.29, 0.717) is 6.42 Å². The number of para-hydroxylation sites is 1. The summed E-state index contributed by atoms with van der Waals surface area (Å²) in [5.41, 5.74) is -0.642. The van der Waals surface area contributed by atoms with Crippen molar-refractivity contribution in [3.63, 3.8) is 0 Å². The molecule has 0 bridgehead atoms. The van der Waals surface area contributed by atoms with E-state index in [1.807, 2.05) is 20.8 Å². The number of anilines is 1. The van der Waals surface area contributed by atoms with Crippen LogP contribution in [0.1, 0.15) is 27.2 Å². The van der Waals surface area contributed by atoms with Gasteiger partial charge in [0.2, 0.25) is 5.82 Å². The third-order valence-corrected chi connectivity index (χ3v) is 2.96. The molecule has 0 aliphatic heterocycles. The first-order chi connectivity index (χ1) is 8.77. The number of nitro groups is 1. The van der Waals surface area contributed by atoms with Crippen LogP contribution in [-0.4, -0.2) is 22.7 Å². The van der Waals surface area contributed by atoms with Gasteiger partial charge < -0.3 is 10.4 Å². The lowest BCUT2D eigenvalue weighted by Gasteiger charge is -2.31. The molecule has 6 heteroatoms. The Morgan fingerprint density at radius 2 is 2.11 bits per heavy atom. The van der Waals surface area contributed by atoms with Crippen LogP contribution in [0.2, 0.25) is 0 Å². The molecule has 0 amide bonds. The molecule has 1 aromatic rings. The highest BCUT2D eigenvalue weighted by Gasteiger charge is 2.28. The molecule has 106 valence electrons. The first-order valence-corrected chi connectivity index (χ1v) is 6.07. The summed E-state index contributed by atoms with van der Waals surface area (Å²) in [6.45, 7) is 5.81. The Morgan fingerprint density at radius 1 is 1.47 bits per heavy atom. The summed E-state index contributed by atoms with van der Waals surface area (Å²) in [5, 5.41) is 22.9. The Morgan fingerprint density at radius 3 is 2.58 bits per heavy atom. The quantitative estimate of drug-likeness (QED) is 0.637. The Balaban J connectivity index is 3.10. The number of benzene rings is 1. The number of aliphatic hydroxyl groups is 1. The van der Waals surface area contributed by atoms with E-state index in [-0.39, 0.29) is 23.8 Å².